The van der Waals surface area contributed by atoms with Crippen molar-refractivity contribution in [3.63, 3.8) is 0 Å². The third kappa shape index (κ3) is 2.81. The molecule has 0 radical (unpaired) electrons. The normalized spacial score (nSPS) is 20.7. The molecule has 0 saturated carbocycles. The van der Waals surface area contributed by atoms with Gasteiger partial charge in [-0.3, -0.25) is 14.5 Å². The summed E-state index contributed by atoms with van der Waals surface area (Å²) in [7, 11) is 3.39. The van der Waals surface area contributed by atoms with E-state index in [-0.39, 0.29) is 30.4 Å². The summed E-state index contributed by atoms with van der Waals surface area (Å²) in [5, 5.41) is 0. The van der Waals surface area contributed by atoms with Crippen LogP contribution in [0.3, 0.4) is 0 Å². The minimum Gasteiger partial charge on any atom is -0.345 e. The van der Waals surface area contributed by atoms with Crippen LogP contribution in [0.15, 0.2) is 24.3 Å². The Morgan fingerprint density at radius 3 is 2.74 bits per heavy atom. The van der Waals surface area contributed by atoms with Crippen molar-refractivity contribution in [2.75, 3.05) is 20.6 Å². The highest BCUT2D eigenvalue weighted by Crippen LogP contribution is 2.27. The van der Waals surface area contributed by atoms with Crippen molar-refractivity contribution >= 4 is 17.8 Å². The van der Waals surface area contributed by atoms with Gasteiger partial charge in [0.1, 0.15) is 6.04 Å². The van der Waals surface area contributed by atoms with Crippen LogP contribution in [0.4, 0.5) is 4.79 Å². The van der Waals surface area contributed by atoms with Crippen LogP contribution in [0.5, 0.6) is 0 Å². The Morgan fingerprint density at radius 2 is 2.04 bits per heavy atom. The molecule has 1 unspecified atom stereocenters. The summed E-state index contributed by atoms with van der Waals surface area (Å²) in [5.41, 5.74) is 1.35. The van der Waals surface area contributed by atoms with Gasteiger partial charge in [-0.1, -0.05) is 12.1 Å². The van der Waals surface area contributed by atoms with E-state index in [0.29, 0.717) is 12.1 Å². The molecule has 6 heteroatoms. The molecule has 1 aromatic carbocycles. The number of piperidine rings is 1. The standard InChI is InChI=1S/C17H21N3O3/c1-18(2)15(21)13-7-5-6-12(10-13)11-20-16(22)14-8-3-4-9-19(14)17(20)23/h5-7,10,14H,3-4,8-9,11H2,1-2H3. The smallest absolute Gasteiger partial charge is 0.327 e. The van der Waals surface area contributed by atoms with Gasteiger partial charge in [-0.15, -0.1) is 0 Å². The quantitative estimate of drug-likeness (QED) is 0.798. The molecule has 6 nitrogen and oxygen atoms in total. The Morgan fingerprint density at radius 1 is 1.26 bits per heavy atom. The van der Waals surface area contributed by atoms with Gasteiger partial charge in [-0.05, 0) is 37.0 Å². The molecule has 23 heavy (non-hydrogen) atoms. The monoisotopic (exact) mass is 315 g/mol. The molecule has 2 saturated heterocycles. The topological polar surface area (TPSA) is 60.9 Å². The largest absolute Gasteiger partial charge is 0.345 e. The first-order valence-electron chi connectivity index (χ1n) is 7.91. The van der Waals surface area contributed by atoms with Gasteiger partial charge in [-0.2, -0.15) is 0 Å². The van der Waals surface area contributed by atoms with Crippen LogP contribution >= 0.6 is 0 Å². The lowest BCUT2D eigenvalue weighted by Crippen LogP contribution is -2.38. The zero-order valence-corrected chi connectivity index (χ0v) is 13.5. The number of imide groups is 1. The third-order valence-electron chi connectivity index (χ3n) is 4.45. The summed E-state index contributed by atoms with van der Waals surface area (Å²) in [5.74, 6) is -0.206. The number of urea groups is 1. The summed E-state index contributed by atoms with van der Waals surface area (Å²) in [4.78, 5) is 41.4. The number of amides is 4. The zero-order chi connectivity index (χ0) is 16.6. The SMILES string of the molecule is CN(C)C(=O)c1cccc(CN2C(=O)C3CCCCN3C2=O)c1. The van der Waals surface area contributed by atoms with Crippen molar-refractivity contribution in [3.05, 3.63) is 35.4 Å². The molecule has 1 aromatic rings. The first-order valence-corrected chi connectivity index (χ1v) is 7.91. The second-order valence-corrected chi connectivity index (χ2v) is 6.31. The molecule has 0 N–H and O–H groups in total. The summed E-state index contributed by atoms with van der Waals surface area (Å²) >= 11 is 0. The maximum Gasteiger partial charge on any atom is 0.327 e. The predicted octanol–water partition coefficient (Wildman–Crippen LogP) is 1.71. The number of nitrogens with zero attached hydrogens (tertiary/aromatic N) is 3. The van der Waals surface area contributed by atoms with Crippen molar-refractivity contribution in [3.8, 4) is 0 Å². The number of carbonyl (C=O) groups excluding carboxylic acids is 3. The lowest BCUT2D eigenvalue weighted by molar-refractivity contribution is -0.129. The third-order valence-corrected chi connectivity index (χ3v) is 4.45. The highest BCUT2D eigenvalue weighted by atomic mass is 16.2. The van der Waals surface area contributed by atoms with Crippen LogP contribution in [0.25, 0.3) is 0 Å². The molecule has 4 amide bonds. The molecule has 0 bridgehead atoms. The molecule has 2 aliphatic rings. The zero-order valence-electron chi connectivity index (χ0n) is 13.5. The average molecular weight is 315 g/mol. The van der Waals surface area contributed by atoms with Crippen LogP contribution in [0.1, 0.15) is 35.2 Å². The van der Waals surface area contributed by atoms with E-state index in [1.54, 1.807) is 37.2 Å². The van der Waals surface area contributed by atoms with E-state index in [2.05, 4.69) is 0 Å². The number of benzene rings is 1. The van der Waals surface area contributed by atoms with E-state index >= 15 is 0 Å². The van der Waals surface area contributed by atoms with Crippen molar-refractivity contribution in [2.45, 2.75) is 31.8 Å². The van der Waals surface area contributed by atoms with Crippen molar-refractivity contribution in [1.29, 1.82) is 0 Å². The summed E-state index contributed by atoms with van der Waals surface area (Å²) in [6.07, 6.45) is 2.69. The maximum atomic E-state index is 12.5. The van der Waals surface area contributed by atoms with Gasteiger partial charge >= 0.3 is 6.03 Å². The van der Waals surface area contributed by atoms with Gasteiger partial charge in [0.05, 0.1) is 6.54 Å². The Hall–Kier alpha value is -2.37. The van der Waals surface area contributed by atoms with Crippen LogP contribution < -0.4 is 0 Å². The fourth-order valence-electron chi connectivity index (χ4n) is 3.24. The molecule has 0 spiro atoms. The van der Waals surface area contributed by atoms with Gasteiger partial charge in [-0.25, -0.2) is 4.79 Å². The van der Waals surface area contributed by atoms with Crippen LogP contribution in [0, 0.1) is 0 Å². The van der Waals surface area contributed by atoms with E-state index in [9.17, 15) is 14.4 Å². The molecule has 0 aromatic heterocycles. The minimum atomic E-state index is -0.289. The minimum absolute atomic E-state index is 0.0941. The first kappa shape index (κ1) is 15.5. The fourth-order valence-corrected chi connectivity index (χ4v) is 3.24. The molecule has 1 atom stereocenters. The number of hydrogen-bond acceptors (Lipinski definition) is 3. The second kappa shape index (κ2) is 6.02. The molecular weight excluding hydrogens is 294 g/mol. The van der Waals surface area contributed by atoms with Crippen molar-refractivity contribution in [2.24, 2.45) is 0 Å². The Labute approximate surface area is 135 Å². The van der Waals surface area contributed by atoms with E-state index < -0.39 is 0 Å². The van der Waals surface area contributed by atoms with Gasteiger partial charge in [0.2, 0.25) is 0 Å². The van der Waals surface area contributed by atoms with Crippen LogP contribution in [-0.4, -0.2) is 59.2 Å². The molecule has 0 aliphatic carbocycles. The molecule has 2 fully saturated rings. The average Bonchev–Trinajstić information content (AvgIpc) is 2.80. The summed E-state index contributed by atoms with van der Waals surface area (Å²) < 4.78 is 0. The van der Waals surface area contributed by atoms with Gasteiger partial charge < -0.3 is 9.80 Å². The fraction of sp³-hybridized carbons (Fsp3) is 0.471. The number of fused-ring (bicyclic) bond motifs is 1. The highest BCUT2D eigenvalue weighted by molar-refractivity contribution is 6.04. The van der Waals surface area contributed by atoms with E-state index in [1.807, 2.05) is 6.07 Å². The van der Waals surface area contributed by atoms with Crippen LogP contribution in [0.2, 0.25) is 0 Å². The number of carbonyl (C=O) groups is 3. The van der Waals surface area contributed by atoms with E-state index in [1.165, 1.54) is 9.80 Å². The molecule has 2 heterocycles. The maximum absolute atomic E-state index is 12.5. The lowest BCUT2D eigenvalue weighted by atomic mass is 10.0. The molecular formula is C17H21N3O3. The first-order chi connectivity index (χ1) is 11.0. The Balaban J connectivity index is 1.79. The number of rotatable bonds is 3. The number of hydrogen-bond donors (Lipinski definition) is 0. The van der Waals surface area contributed by atoms with Crippen LogP contribution in [-0.2, 0) is 11.3 Å². The molecule has 122 valence electrons. The van der Waals surface area contributed by atoms with Crippen molar-refractivity contribution in [1.82, 2.24) is 14.7 Å². The Bertz CT molecular complexity index is 632. The highest BCUT2D eigenvalue weighted by Gasteiger charge is 2.45. The lowest BCUT2D eigenvalue weighted by Gasteiger charge is -2.26. The second-order valence-electron chi connectivity index (χ2n) is 6.31. The summed E-state index contributed by atoms with van der Waals surface area (Å²) in [6, 6.07) is 6.62. The Kier molecular flexibility index (Phi) is 4.07. The van der Waals surface area contributed by atoms with Gasteiger partial charge in [0.15, 0.2) is 0 Å². The molecule has 2 aliphatic heterocycles. The molecule has 3 rings (SSSR count). The summed E-state index contributed by atoms with van der Waals surface area (Å²) in [6.45, 7) is 0.879. The van der Waals surface area contributed by atoms with E-state index in [0.717, 1.165) is 24.8 Å². The van der Waals surface area contributed by atoms with Gasteiger partial charge in [0, 0.05) is 26.2 Å². The van der Waals surface area contributed by atoms with Gasteiger partial charge in [0.25, 0.3) is 11.8 Å². The van der Waals surface area contributed by atoms with E-state index in [4.69, 9.17) is 0 Å². The van der Waals surface area contributed by atoms with Crippen molar-refractivity contribution < 1.29 is 14.4 Å². The predicted molar refractivity (Wildman–Crippen MR) is 84.8 cm³/mol.